The van der Waals surface area contributed by atoms with E-state index in [-0.39, 0.29) is 0 Å². The van der Waals surface area contributed by atoms with Gasteiger partial charge >= 0.3 is 0 Å². The number of hydrogen-bond donors (Lipinski definition) is 2. The number of furan rings is 1. The van der Waals surface area contributed by atoms with Gasteiger partial charge in [0.15, 0.2) is 5.76 Å². The zero-order valence-electron chi connectivity index (χ0n) is 14.7. The summed E-state index contributed by atoms with van der Waals surface area (Å²) in [5, 5.41) is 10.6. The Labute approximate surface area is 147 Å². The Morgan fingerprint density at radius 1 is 1.20 bits per heavy atom. The number of aromatic nitrogens is 3. The van der Waals surface area contributed by atoms with Crippen LogP contribution in [-0.4, -0.2) is 21.8 Å². The number of ether oxygens (including phenoxy) is 1. The maximum atomic E-state index is 5.78. The molecule has 0 aliphatic heterocycles. The third-order valence-electron chi connectivity index (χ3n) is 3.92. The minimum Gasteiger partial charge on any atom is -0.477 e. The van der Waals surface area contributed by atoms with Crippen molar-refractivity contribution in [1.82, 2.24) is 20.5 Å². The molecule has 0 saturated carbocycles. The average Bonchev–Trinajstić information content (AvgIpc) is 3.25. The molecule has 0 saturated heterocycles. The predicted octanol–water partition coefficient (Wildman–Crippen LogP) is 3.84. The Morgan fingerprint density at radius 2 is 2.08 bits per heavy atom. The first-order chi connectivity index (χ1) is 12.3. The van der Waals surface area contributed by atoms with Crippen molar-refractivity contribution in [1.29, 1.82) is 0 Å². The van der Waals surface area contributed by atoms with E-state index in [9.17, 15) is 0 Å². The van der Waals surface area contributed by atoms with E-state index in [1.54, 1.807) is 6.20 Å². The number of aryl methyl sites for hydroxylation is 1. The van der Waals surface area contributed by atoms with Gasteiger partial charge in [0.1, 0.15) is 11.5 Å². The van der Waals surface area contributed by atoms with Gasteiger partial charge in [0.25, 0.3) is 0 Å². The van der Waals surface area contributed by atoms with Gasteiger partial charge in [0, 0.05) is 30.4 Å². The SMILES string of the molecule is CCCCOc1ncccc1CNCc1cn[nH]c1-c1ccc(C)o1. The summed E-state index contributed by atoms with van der Waals surface area (Å²) in [6.45, 7) is 6.13. The number of rotatable bonds is 9. The van der Waals surface area contributed by atoms with Crippen LogP contribution in [0, 0.1) is 6.92 Å². The number of pyridine rings is 1. The maximum Gasteiger partial charge on any atom is 0.217 e. The molecule has 0 spiro atoms. The van der Waals surface area contributed by atoms with Crippen LogP contribution in [-0.2, 0) is 13.1 Å². The van der Waals surface area contributed by atoms with Crippen molar-refractivity contribution < 1.29 is 9.15 Å². The molecular formula is C19H24N4O2. The molecule has 3 rings (SSSR count). The molecule has 0 unspecified atom stereocenters. The number of H-pyrrole nitrogens is 1. The van der Waals surface area contributed by atoms with Crippen molar-refractivity contribution in [3.63, 3.8) is 0 Å². The van der Waals surface area contributed by atoms with E-state index in [0.29, 0.717) is 25.6 Å². The molecule has 0 atom stereocenters. The number of nitrogens with zero attached hydrogens (tertiary/aromatic N) is 2. The average molecular weight is 340 g/mol. The fraction of sp³-hybridized carbons (Fsp3) is 0.368. The fourth-order valence-corrected chi connectivity index (χ4v) is 2.56. The predicted molar refractivity (Wildman–Crippen MR) is 96.2 cm³/mol. The molecule has 3 aromatic rings. The summed E-state index contributed by atoms with van der Waals surface area (Å²) < 4.78 is 11.5. The Bertz CT molecular complexity index is 794. The molecule has 0 aliphatic carbocycles. The van der Waals surface area contributed by atoms with Gasteiger partial charge in [-0.2, -0.15) is 5.10 Å². The van der Waals surface area contributed by atoms with Crippen LogP contribution in [0.3, 0.4) is 0 Å². The highest BCUT2D eigenvalue weighted by Crippen LogP contribution is 2.23. The van der Waals surface area contributed by atoms with E-state index >= 15 is 0 Å². The minimum absolute atomic E-state index is 0.675. The van der Waals surface area contributed by atoms with Crippen LogP contribution in [0.1, 0.15) is 36.7 Å². The normalized spacial score (nSPS) is 11.0. The minimum atomic E-state index is 0.675. The molecule has 132 valence electrons. The van der Waals surface area contributed by atoms with Crippen LogP contribution in [0.15, 0.2) is 41.1 Å². The van der Waals surface area contributed by atoms with Crippen molar-refractivity contribution in [2.75, 3.05) is 6.61 Å². The molecule has 6 heteroatoms. The van der Waals surface area contributed by atoms with Gasteiger partial charge < -0.3 is 14.5 Å². The summed E-state index contributed by atoms with van der Waals surface area (Å²) in [7, 11) is 0. The lowest BCUT2D eigenvalue weighted by Gasteiger charge is -2.10. The highest BCUT2D eigenvalue weighted by Gasteiger charge is 2.11. The molecule has 3 heterocycles. The lowest BCUT2D eigenvalue weighted by atomic mass is 10.2. The van der Waals surface area contributed by atoms with Crippen LogP contribution >= 0.6 is 0 Å². The van der Waals surface area contributed by atoms with Crippen LogP contribution in [0.25, 0.3) is 11.5 Å². The standard InChI is InChI=1S/C19H24N4O2/c1-3-4-10-24-19-15(6-5-9-21-19)11-20-12-16-13-22-23-18(16)17-8-7-14(2)25-17/h5-9,13,20H,3-4,10-12H2,1-2H3,(H,22,23). The largest absolute Gasteiger partial charge is 0.477 e. The first kappa shape index (κ1) is 17.2. The van der Waals surface area contributed by atoms with Crippen LogP contribution < -0.4 is 10.1 Å². The van der Waals surface area contributed by atoms with E-state index < -0.39 is 0 Å². The lowest BCUT2D eigenvalue weighted by Crippen LogP contribution is -2.14. The summed E-state index contributed by atoms with van der Waals surface area (Å²) in [4.78, 5) is 4.34. The summed E-state index contributed by atoms with van der Waals surface area (Å²) in [5.41, 5.74) is 3.02. The van der Waals surface area contributed by atoms with Crippen molar-refractivity contribution in [2.24, 2.45) is 0 Å². The molecule has 0 radical (unpaired) electrons. The highest BCUT2D eigenvalue weighted by molar-refractivity contribution is 5.56. The maximum absolute atomic E-state index is 5.78. The second-order valence-corrected chi connectivity index (χ2v) is 5.95. The fourth-order valence-electron chi connectivity index (χ4n) is 2.56. The van der Waals surface area contributed by atoms with Crippen LogP contribution in [0.2, 0.25) is 0 Å². The second kappa shape index (κ2) is 8.48. The van der Waals surface area contributed by atoms with Gasteiger partial charge in [-0.15, -0.1) is 0 Å². The number of hydrogen-bond acceptors (Lipinski definition) is 5. The lowest BCUT2D eigenvalue weighted by molar-refractivity contribution is 0.293. The second-order valence-electron chi connectivity index (χ2n) is 5.95. The molecule has 0 amide bonds. The van der Waals surface area contributed by atoms with Gasteiger partial charge in [-0.1, -0.05) is 19.4 Å². The quantitative estimate of drug-likeness (QED) is 0.579. The van der Waals surface area contributed by atoms with Crippen molar-refractivity contribution in [3.05, 3.63) is 53.5 Å². The number of nitrogens with one attached hydrogen (secondary N) is 2. The summed E-state index contributed by atoms with van der Waals surface area (Å²) in [5.74, 6) is 2.39. The third kappa shape index (κ3) is 4.48. The number of aromatic amines is 1. The molecule has 0 aliphatic rings. The zero-order valence-corrected chi connectivity index (χ0v) is 14.7. The van der Waals surface area contributed by atoms with Crippen LogP contribution in [0.5, 0.6) is 5.88 Å². The molecule has 2 N–H and O–H groups in total. The van der Waals surface area contributed by atoms with E-state index in [1.807, 2.05) is 37.4 Å². The molecule has 3 aromatic heterocycles. The first-order valence-electron chi connectivity index (χ1n) is 8.64. The molecule has 0 fully saturated rings. The smallest absolute Gasteiger partial charge is 0.217 e. The van der Waals surface area contributed by atoms with Crippen LogP contribution in [0.4, 0.5) is 0 Å². The summed E-state index contributed by atoms with van der Waals surface area (Å²) >= 11 is 0. The van der Waals surface area contributed by atoms with E-state index in [1.165, 1.54) is 0 Å². The Balaban J connectivity index is 1.60. The summed E-state index contributed by atoms with van der Waals surface area (Å²) in [6.07, 6.45) is 5.72. The van der Waals surface area contributed by atoms with Gasteiger partial charge in [-0.25, -0.2) is 4.98 Å². The number of unbranched alkanes of at least 4 members (excludes halogenated alkanes) is 1. The topological polar surface area (TPSA) is 76.0 Å². The van der Waals surface area contributed by atoms with Crippen molar-refractivity contribution in [3.8, 4) is 17.3 Å². The van der Waals surface area contributed by atoms with Gasteiger partial charge in [0.2, 0.25) is 5.88 Å². The van der Waals surface area contributed by atoms with Crippen molar-refractivity contribution >= 4 is 0 Å². The van der Waals surface area contributed by atoms with E-state index in [4.69, 9.17) is 9.15 Å². The Morgan fingerprint density at radius 3 is 2.88 bits per heavy atom. The Kier molecular flexibility index (Phi) is 5.85. The van der Waals surface area contributed by atoms with Gasteiger partial charge in [-0.05, 0) is 31.5 Å². The zero-order chi connectivity index (χ0) is 17.5. The first-order valence-corrected chi connectivity index (χ1v) is 8.64. The van der Waals surface area contributed by atoms with Gasteiger partial charge in [-0.3, -0.25) is 5.10 Å². The highest BCUT2D eigenvalue weighted by atomic mass is 16.5. The molecule has 0 aromatic carbocycles. The molecular weight excluding hydrogens is 316 g/mol. The third-order valence-corrected chi connectivity index (χ3v) is 3.92. The monoisotopic (exact) mass is 340 g/mol. The van der Waals surface area contributed by atoms with Gasteiger partial charge in [0.05, 0.1) is 12.8 Å². The van der Waals surface area contributed by atoms with E-state index in [0.717, 1.165) is 41.2 Å². The molecule has 0 bridgehead atoms. The van der Waals surface area contributed by atoms with E-state index in [2.05, 4.69) is 27.4 Å². The molecule has 6 nitrogen and oxygen atoms in total. The Hall–Kier alpha value is -2.60. The summed E-state index contributed by atoms with van der Waals surface area (Å²) in [6, 6.07) is 7.86. The van der Waals surface area contributed by atoms with Crippen molar-refractivity contribution in [2.45, 2.75) is 39.8 Å². The molecule has 25 heavy (non-hydrogen) atoms.